The molecule has 1 aromatic carbocycles. The van der Waals surface area contributed by atoms with E-state index in [9.17, 15) is 4.79 Å². The average Bonchev–Trinajstić information content (AvgIpc) is 2.61. The molecule has 1 saturated carbocycles. The standard InChI is InChI=1S/C19H27NO3/c1-14(23-17-11-9-16(22-2)10-12-17)19(21)20-13-5-7-15-6-3-4-8-18(15)20/h9-12,14-15,18H,3-8,13H2,1-2H3. The van der Waals surface area contributed by atoms with Crippen LogP contribution in [0.2, 0.25) is 0 Å². The zero-order valence-electron chi connectivity index (χ0n) is 14.2. The highest BCUT2D eigenvalue weighted by Crippen LogP contribution is 2.35. The second kappa shape index (κ2) is 7.24. The molecule has 0 bridgehead atoms. The molecule has 1 aromatic rings. The van der Waals surface area contributed by atoms with E-state index in [4.69, 9.17) is 9.47 Å². The number of carbonyl (C=O) groups is 1. The number of benzene rings is 1. The van der Waals surface area contributed by atoms with Crippen LogP contribution < -0.4 is 9.47 Å². The molecule has 2 aliphatic rings. The van der Waals surface area contributed by atoms with Crippen LogP contribution in [0.3, 0.4) is 0 Å². The second-order valence-corrected chi connectivity index (χ2v) is 6.72. The molecule has 2 fully saturated rings. The molecule has 0 spiro atoms. The van der Waals surface area contributed by atoms with Gasteiger partial charge in [-0.05, 0) is 62.8 Å². The first-order chi connectivity index (χ1) is 11.2. The van der Waals surface area contributed by atoms with Crippen LogP contribution in [0.25, 0.3) is 0 Å². The third kappa shape index (κ3) is 3.62. The smallest absolute Gasteiger partial charge is 0.263 e. The first-order valence-corrected chi connectivity index (χ1v) is 8.80. The number of likely N-dealkylation sites (tertiary alicyclic amines) is 1. The minimum Gasteiger partial charge on any atom is -0.497 e. The minimum absolute atomic E-state index is 0.136. The molecule has 1 heterocycles. The number of hydrogen-bond acceptors (Lipinski definition) is 3. The van der Waals surface area contributed by atoms with Gasteiger partial charge >= 0.3 is 0 Å². The summed E-state index contributed by atoms with van der Waals surface area (Å²) in [5, 5.41) is 0. The van der Waals surface area contributed by atoms with Gasteiger partial charge in [-0.25, -0.2) is 0 Å². The number of amides is 1. The van der Waals surface area contributed by atoms with Crippen molar-refractivity contribution in [2.45, 2.75) is 57.6 Å². The number of nitrogens with zero attached hydrogens (tertiary/aromatic N) is 1. The summed E-state index contributed by atoms with van der Waals surface area (Å²) in [4.78, 5) is 15.0. The molecule has 4 nitrogen and oxygen atoms in total. The first kappa shape index (κ1) is 16.2. The Bertz CT molecular complexity index is 526. The lowest BCUT2D eigenvalue weighted by molar-refractivity contribution is -0.144. The Morgan fingerprint density at radius 1 is 1.09 bits per heavy atom. The molecule has 3 atom stereocenters. The van der Waals surface area contributed by atoms with Crippen molar-refractivity contribution in [2.75, 3.05) is 13.7 Å². The molecule has 0 N–H and O–H groups in total. The molecule has 0 aromatic heterocycles. The third-order valence-corrected chi connectivity index (χ3v) is 5.25. The number of piperidine rings is 1. The van der Waals surface area contributed by atoms with E-state index in [2.05, 4.69) is 4.90 Å². The minimum atomic E-state index is -0.441. The summed E-state index contributed by atoms with van der Waals surface area (Å²) in [5.41, 5.74) is 0. The maximum atomic E-state index is 12.9. The van der Waals surface area contributed by atoms with Crippen LogP contribution in [-0.2, 0) is 4.79 Å². The molecule has 1 aliphatic heterocycles. The molecule has 1 aliphatic carbocycles. The van der Waals surface area contributed by atoms with Crippen LogP contribution in [-0.4, -0.2) is 36.6 Å². The number of rotatable bonds is 4. The first-order valence-electron chi connectivity index (χ1n) is 8.80. The van der Waals surface area contributed by atoms with Gasteiger partial charge in [0.1, 0.15) is 11.5 Å². The van der Waals surface area contributed by atoms with Crippen LogP contribution in [0.4, 0.5) is 0 Å². The monoisotopic (exact) mass is 317 g/mol. The topological polar surface area (TPSA) is 38.8 Å². The van der Waals surface area contributed by atoms with E-state index in [1.807, 2.05) is 31.2 Å². The van der Waals surface area contributed by atoms with E-state index < -0.39 is 6.10 Å². The normalized spacial score (nSPS) is 25.4. The Balaban J connectivity index is 1.63. The van der Waals surface area contributed by atoms with Gasteiger partial charge < -0.3 is 14.4 Å². The molecule has 1 saturated heterocycles. The van der Waals surface area contributed by atoms with Gasteiger partial charge in [0.2, 0.25) is 0 Å². The van der Waals surface area contributed by atoms with Gasteiger partial charge in [0, 0.05) is 12.6 Å². The fourth-order valence-corrected chi connectivity index (χ4v) is 4.04. The number of fused-ring (bicyclic) bond motifs is 1. The Morgan fingerprint density at radius 3 is 2.48 bits per heavy atom. The Kier molecular flexibility index (Phi) is 5.09. The number of ether oxygens (including phenoxy) is 2. The van der Waals surface area contributed by atoms with Crippen molar-refractivity contribution in [1.82, 2.24) is 4.90 Å². The van der Waals surface area contributed by atoms with Crippen molar-refractivity contribution in [3.05, 3.63) is 24.3 Å². The summed E-state index contributed by atoms with van der Waals surface area (Å²) in [5.74, 6) is 2.34. The lowest BCUT2D eigenvalue weighted by Gasteiger charge is -2.44. The van der Waals surface area contributed by atoms with Gasteiger partial charge in [0.25, 0.3) is 5.91 Å². The maximum Gasteiger partial charge on any atom is 0.263 e. The van der Waals surface area contributed by atoms with Gasteiger partial charge in [-0.15, -0.1) is 0 Å². The van der Waals surface area contributed by atoms with Gasteiger partial charge in [0.15, 0.2) is 6.10 Å². The Morgan fingerprint density at radius 2 is 1.74 bits per heavy atom. The highest BCUT2D eigenvalue weighted by Gasteiger charge is 2.37. The van der Waals surface area contributed by atoms with Gasteiger partial charge in [0.05, 0.1) is 7.11 Å². The molecule has 1 amide bonds. The SMILES string of the molecule is COc1ccc(OC(C)C(=O)N2CCCC3CCCCC32)cc1. The van der Waals surface area contributed by atoms with E-state index in [1.165, 1.54) is 25.7 Å². The summed E-state index contributed by atoms with van der Waals surface area (Å²) in [6.07, 6.45) is 6.97. The van der Waals surface area contributed by atoms with Crippen molar-refractivity contribution >= 4 is 5.91 Å². The Hall–Kier alpha value is -1.71. The van der Waals surface area contributed by atoms with Crippen LogP contribution >= 0.6 is 0 Å². The average molecular weight is 317 g/mol. The zero-order valence-corrected chi connectivity index (χ0v) is 14.2. The highest BCUT2D eigenvalue weighted by molar-refractivity contribution is 5.81. The van der Waals surface area contributed by atoms with Crippen molar-refractivity contribution in [1.29, 1.82) is 0 Å². The fraction of sp³-hybridized carbons (Fsp3) is 0.632. The second-order valence-electron chi connectivity index (χ2n) is 6.72. The van der Waals surface area contributed by atoms with Gasteiger partial charge in [-0.3, -0.25) is 4.79 Å². The van der Waals surface area contributed by atoms with Gasteiger partial charge in [-0.2, -0.15) is 0 Å². The van der Waals surface area contributed by atoms with Gasteiger partial charge in [-0.1, -0.05) is 12.8 Å². The van der Waals surface area contributed by atoms with Crippen LogP contribution in [0, 0.1) is 5.92 Å². The lowest BCUT2D eigenvalue weighted by atomic mass is 9.78. The molecular formula is C19H27NO3. The molecule has 3 unspecified atom stereocenters. The molecule has 0 radical (unpaired) electrons. The van der Waals surface area contributed by atoms with Crippen molar-refractivity contribution in [2.24, 2.45) is 5.92 Å². The van der Waals surface area contributed by atoms with E-state index in [1.54, 1.807) is 7.11 Å². The zero-order chi connectivity index (χ0) is 16.2. The lowest BCUT2D eigenvalue weighted by Crippen LogP contribution is -2.53. The summed E-state index contributed by atoms with van der Waals surface area (Å²) in [6, 6.07) is 7.84. The number of carbonyl (C=O) groups excluding carboxylic acids is 1. The molecule has 23 heavy (non-hydrogen) atoms. The number of methoxy groups -OCH3 is 1. The molecule has 126 valence electrons. The van der Waals surface area contributed by atoms with Crippen molar-refractivity contribution < 1.29 is 14.3 Å². The van der Waals surface area contributed by atoms with E-state index in [-0.39, 0.29) is 5.91 Å². The van der Waals surface area contributed by atoms with Crippen molar-refractivity contribution in [3.63, 3.8) is 0 Å². The summed E-state index contributed by atoms with van der Waals surface area (Å²) < 4.78 is 11.0. The van der Waals surface area contributed by atoms with Crippen LogP contribution in [0.15, 0.2) is 24.3 Å². The summed E-state index contributed by atoms with van der Waals surface area (Å²) in [6.45, 7) is 2.75. The van der Waals surface area contributed by atoms with Crippen molar-refractivity contribution in [3.8, 4) is 11.5 Å². The highest BCUT2D eigenvalue weighted by atomic mass is 16.5. The quantitative estimate of drug-likeness (QED) is 0.851. The summed E-state index contributed by atoms with van der Waals surface area (Å²) in [7, 11) is 1.64. The largest absolute Gasteiger partial charge is 0.497 e. The Labute approximate surface area is 138 Å². The number of hydrogen-bond donors (Lipinski definition) is 0. The molecule has 4 heteroatoms. The van der Waals surface area contributed by atoms with E-state index >= 15 is 0 Å². The predicted octanol–water partition coefficient (Wildman–Crippen LogP) is 3.64. The van der Waals surface area contributed by atoms with Crippen LogP contribution in [0.1, 0.15) is 45.4 Å². The molecular weight excluding hydrogens is 290 g/mol. The maximum absolute atomic E-state index is 12.9. The predicted molar refractivity (Wildman–Crippen MR) is 89.8 cm³/mol. The molecule has 3 rings (SSSR count). The van der Waals surface area contributed by atoms with E-state index in [0.717, 1.165) is 25.1 Å². The van der Waals surface area contributed by atoms with E-state index in [0.29, 0.717) is 17.7 Å². The fourth-order valence-electron chi connectivity index (χ4n) is 4.04. The van der Waals surface area contributed by atoms with Crippen LogP contribution in [0.5, 0.6) is 11.5 Å². The third-order valence-electron chi connectivity index (χ3n) is 5.25. The summed E-state index contributed by atoms with van der Waals surface area (Å²) >= 11 is 0.